The van der Waals surface area contributed by atoms with E-state index in [9.17, 15) is 4.79 Å². The Bertz CT molecular complexity index is 784. The third-order valence-electron chi connectivity index (χ3n) is 3.27. The molecule has 1 aromatic carbocycles. The van der Waals surface area contributed by atoms with E-state index >= 15 is 0 Å². The summed E-state index contributed by atoms with van der Waals surface area (Å²) in [6, 6.07) is 8.30. The highest BCUT2D eigenvalue weighted by Crippen LogP contribution is 2.23. The van der Waals surface area contributed by atoms with Gasteiger partial charge in [-0.1, -0.05) is 23.8 Å². The number of hydrogen-bond donors (Lipinski definition) is 0. The molecule has 0 bridgehead atoms. The van der Waals surface area contributed by atoms with Gasteiger partial charge in [0, 0.05) is 18.5 Å². The maximum absolute atomic E-state index is 11.7. The number of pyridine rings is 1. The van der Waals surface area contributed by atoms with E-state index in [1.165, 1.54) is 5.56 Å². The second-order valence-corrected chi connectivity index (χ2v) is 4.70. The molecule has 0 aliphatic heterocycles. The van der Waals surface area contributed by atoms with Crippen molar-refractivity contribution in [1.29, 1.82) is 0 Å². The van der Waals surface area contributed by atoms with Crippen LogP contribution in [0.4, 0.5) is 0 Å². The van der Waals surface area contributed by atoms with Crippen LogP contribution in [0.5, 0.6) is 0 Å². The smallest absolute Gasteiger partial charge is 0.178 e. The molecule has 0 saturated heterocycles. The van der Waals surface area contributed by atoms with Crippen LogP contribution >= 0.6 is 0 Å². The molecule has 0 fully saturated rings. The van der Waals surface area contributed by atoms with Crippen LogP contribution in [0.2, 0.25) is 0 Å². The minimum Gasteiger partial charge on any atom is -0.296 e. The van der Waals surface area contributed by atoms with Crippen molar-refractivity contribution in [3.8, 4) is 0 Å². The topological polar surface area (TPSA) is 34.4 Å². The lowest BCUT2D eigenvalue weighted by atomic mass is 10.1. The van der Waals surface area contributed by atoms with Crippen LogP contribution in [0.1, 0.15) is 28.7 Å². The maximum atomic E-state index is 11.7. The molecule has 0 amide bonds. The van der Waals surface area contributed by atoms with Crippen molar-refractivity contribution in [2.24, 2.45) is 0 Å². The van der Waals surface area contributed by atoms with Crippen LogP contribution in [0, 0.1) is 13.8 Å². The lowest BCUT2D eigenvalue weighted by molar-refractivity contribution is 0.101. The van der Waals surface area contributed by atoms with Crippen molar-refractivity contribution >= 4 is 22.2 Å². The molecule has 2 aromatic heterocycles. The van der Waals surface area contributed by atoms with E-state index in [2.05, 4.69) is 30.1 Å². The Hall–Kier alpha value is -2.16. The van der Waals surface area contributed by atoms with Gasteiger partial charge in [-0.3, -0.25) is 9.20 Å². The number of ketones is 1. The average molecular weight is 238 g/mol. The standard InChI is InChI=1S/C15H14N2O/c1-9-4-5-13-12(8-9)6-7-17-14(11(3)18)10(2)16-15(13)17/h4-8H,1-3H3. The van der Waals surface area contributed by atoms with E-state index in [-0.39, 0.29) is 5.78 Å². The first kappa shape index (κ1) is 11.0. The number of carbonyl (C=O) groups excluding carboxylic acids is 1. The molecule has 0 aliphatic rings. The molecule has 3 aromatic rings. The predicted molar refractivity (Wildman–Crippen MR) is 72.2 cm³/mol. The van der Waals surface area contributed by atoms with Crippen molar-refractivity contribution in [2.75, 3.05) is 0 Å². The zero-order valence-electron chi connectivity index (χ0n) is 10.7. The first-order valence-corrected chi connectivity index (χ1v) is 5.97. The van der Waals surface area contributed by atoms with Gasteiger partial charge in [-0.25, -0.2) is 4.98 Å². The molecule has 0 radical (unpaired) electrons. The van der Waals surface area contributed by atoms with Crippen LogP contribution in [-0.2, 0) is 0 Å². The van der Waals surface area contributed by atoms with E-state index in [1.54, 1.807) is 6.92 Å². The lowest BCUT2D eigenvalue weighted by Crippen LogP contribution is -2.00. The highest BCUT2D eigenvalue weighted by Gasteiger charge is 2.14. The van der Waals surface area contributed by atoms with Crippen molar-refractivity contribution in [1.82, 2.24) is 9.38 Å². The minimum atomic E-state index is 0.0476. The Morgan fingerprint density at radius 3 is 2.72 bits per heavy atom. The normalized spacial score (nSPS) is 11.3. The number of nitrogens with zero attached hydrogens (tertiary/aromatic N) is 2. The summed E-state index contributed by atoms with van der Waals surface area (Å²) in [5, 5.41) is 2.24. The van der Waals surface area contributed by atoms with Crippen LogP contribution in [-0.4, -0.2) is 15.2 Å². The Morgan fingerprint density at radius 1 is 1.22 bits per heavy atom. The molecule has 0 spiro atoms. The van der Waals surface area contributed by atoms with Gasteiger partial charge in [0.2, 0.25) is 0 Å². The zero-order valence-corrected chi connectivity index (χ0v) is 10.7. The monoisotopic (exact) mass is 238 g/mol. The molecule has 90 valence electrons. The fraction of sp³-hybridized carbons (Fsp3) is 0.200. The summed E-state index contributed by atoms with van der Waals surface area (Å²) in [5.41, 5.74) is 3.54. The summed E-state index contributed by atoms with van der Waals surface area (Å²) in [4.78, 5) is 16.2. The fourth-order valence-corrected chi connectivity index (χ4v) is 2.48. The number of aryl methyl sites for hydroxylation is 2. The molecule has 0 aliphatic carbocycles. The molecule has 18 heavy (non-hydrogen) atoms. The molecule has 3 nitrogen and oxygen atoms in total. The van der Waals surface area contributed by atoms with Gasteiger partial charge in [-0.15, -0.1) is 0 Å². The van der Waals surface area contributed by atoms with Crippen molar-refractivity contribution < 1.29 is 4.79 Å². The number of Topliss-reactive ketones (excluding diaryl/α,β-unsaturated/α-hetero) is 1. The van der Waals surface area contributed by atoms with Crippen LogP contribution < -0.4 is 0 Å². The molecule has 3 heteroatoms. The first-order chi connectivity index (χ1) is 8.58. The molecular weight excluding hydrogens is 224 g/mol. The predicted octanol–water partition coefficient (Wildman–Crippen LogP) is 3.31. The number of fused-ring (bicyclic) bond motifs is 3. The molecule has 0 atom stereocenters. The molecule has 0 N–H and O–H groups in total. The third kappa shape index (κ3) is 1.44. The summed E-state index contributed by atoms with van der Waals surface area (Å²) >= 11 is 0. The van der Waals surface area contributed by atoms with Gasteiger partial charge >= 0.3 is 0 Å². The molecule has 2 heterocycles. The van der Waals surface area contributed by atoms with Gasteiger partial charge in [-0.05, 0) is 25.3 Å². The number of rotatable bonds is 1. The van der Waals surface area contributed by atoms with E-state index in [4.69, 9.17) is 0 Å². The summed E-state index contributed by atoms with van der Waals surface area (Å²) in [6.45, 7) is 5.53. The van der Waals surface area contributed by atoms with Gasteiger partial charge in [0.15, 0.2) is 5.78 Å². The summed E-state index contributed by atoms with van der Waals surface area (Å²) < 4.78 is 1.88. The molecule has 3 rings (SSSR count). The van der Waals surface area contributed by atoms with E-state index < -0.39 is 0 Å². The zero-order chi connectivity index (χ0) is 12.9. The van der Waals surface area contributed by atoms with Gasteiger partial charge < -0.3 is 0 Å². The Kier molecular flexibility index (Phi) is 2.23. The number of carbonyl (C=O) groups is 1. The molecule has 0 saturated carbocycles. The van der Waals surface area contributed by atoms with E-state index in [0.29, 0.717) is 5.69 Å². The Balaban J connectivity index is 2.49. The van der Waals surface area contributed by atoms with Crippen molar-refractivity contribution in [3.05, 3.63) is 47.4 Å². The molecule has 0 unspecified atom stereocenters. The van der Waals surface area contributed by atoms with Gasteiger partial charge in [0.05, 0.1) is 5.69 Å². The number of hydrogen-bond acceptors (Lipinski definition) is 2. The van der Waals surface area contributed by atoms with Gasteiger partial charge in [-0.2, -0.15) is 0 Å². The van der Waals surface area contributed by atoms with Crippen molar-refractivity contribution in [3.63, 3.8) is 0 Å². The fourth-order valence-electron chi connectivity index (χ4n) is 2.48. The first-order valence-electron chi connectivity index (χ1n) is 5.97. The second-order valence-electron chi connectivity index (χ2n) is 4.70. The van der Waals surface area contributed by atoms with Gasteiger partial charge in [0.25, 0.3) is 0 Å². The SMILES string of the molecule is CC(=O)c1c(C)nc2c3ccc(C)cc3ccn12. The third-order valence-corrected chi connectivity index (χ3v) is 3.27. The summed E-state index contributed by atoms with van der Waals surface area (Å²) in [6.07, 6.45) is 1.92. The maximum Gasteiger partial charge on any atom is 0.178 e. The average Bonchev–Trinajstić information content (AvgIpc) is 2.64. The summed E-state index contributed by atoms with van der Waals surface area (Å²) in [5.74, 6) is 0.0476. The van der Waals surface area contributed by atoms with E-state index in [0.717, 1.165) is 22.1 Å². The van der Waals surface area contributed by atoms with Crippen LogP contribution in [0.3, 0.4) is 0 Å². The quantitative estimate of drug-likeness (QED) is 0.609. The second kappa shape index (κ2) is 3.67. The Morgan fingerprint density at radius 2 is 2.00 bits per heavy atom. The van der Waals surface area contributed by atoms with Crippen LogP contribution in [0.25, 0.3) is 16.4 Å². The largest absolute Gasteiger partial charge is 0.296 e. The summed E-state index contributed by atoms with van der Waals surface area (Å²) in [7, 11) is 0. The molecular formula is C15H14N2O. The number of aromatic nitrogens is 2. The van der Waals surface area contributed by atoms with Crippen molar-refractivity contribution in [2.45, 2.75) is 20.8 Å². The van der Waals surface area contributed by atoms with E-state index in [1.807, 2.05) is 23.6 Å². The van der Waals surface area contributed by atoms with Crippen LogP contribution in [0.15, 0.2) is 30.5 Å². The highest BCUT2D eigenvalue weighted by atomic mass is 16.1. The van der Waals surface area contributed by atoms with Gasteiger partial charge in [0.1, 0.15) is 11.3 Å². The minimum absolute atomic E-state index is 0.0476. The number of benzene rings is 1. The highest BCUT2D eigenvalue weighted by molar-refractivity contribution is 5.99. The lowest BCUT2D eigenvalue weighted by Gasteiger charge is -2.03. The number of imidazole rings is 1. The Labute approximate surface area is 105 Å².